The number of carbonyl (C=O) groups excluding carboxylic acids is 1. The molecule has 0 bridgehead atoms. The fourth-order valence-corrected chi connectivity index (χ4v) is 4.63. The van der Waals surface area contributed by atoms with Crippen molar-refractivity contribution in [1.82, 2.24) is 0 Å². The Hall–Kier alpha value is -2.10. The van der Waals surface area contributed by atoms with E-state index in [0.29, 0.717) is 13.0 Å². The number of amides is 1. The molecule has 0 aliphatic heterocycles. The SMILES string of the molecule is CCCC(=O)[N-]Cc1c(-c2cccc3c2Cc2ccccc2-3)ccc2ccccc12.[Cl][Ti][Cl]. The van der Waals surface area contributed by atoms with Crippen LogP contribution in [0.2, 0.25) is 0 Å². The van der Waals surface area contributed by atoms with Crippen LogP contribution in [0.5, 0.6) is 0 Å². The summed E-state index contributed by atoms with van der Waals surface area (Å²) in [6.07, 6.45) is 2.28. The number of rotatable bonds is 5. The summed E-state index contributed by atoms with van der Waals surface area (Å²) in [5.41, 5.74) is 8.98. The molecule has 0 unspecified atom stereocenters. The first-order chi connectivity index (χ1) is 16.2. The minimum absolute atomic E-state index is 0.0120. The van der Waals surface area contributed by atoms with Crippen LogP contribution in [-0.2, 0) is 34.8 Å². The van der Waals surface area contributed by atoms with Gasteiger partial charge in [0.05, 0.1) is 5.91 Å². The topological polar surface area (TPSA) is 31.2 Å². The first-order valence-electron chi connectivity index (χ1n) is 11.1. The predicted molar refractivity (Wildman–Crippen MR) is 136 cm³/mol. The molecule has 1 amide bonds. The monoisotopic (exact) mass is 508 g/mol. The van der Waals surface area contributed by atoms with Gasteiger partial charge < -0.3 is 10.1 Å². The third kappa shape index (κ3) is 5.20. The Morgan fingerprint density at radius 1 is 0.848 bits per heavy atom. The number of hydrogen-bond donors (Lipinski definition) is 0. The van der Waals surface area contributed by atoms with Crippen LogP contribution < -0.4 is 0 Å². The normalized spacial score (nSPS) is 11.2. The summed E-state index contributed by atoms with van der Waals surface area (Å²) in [6, 6.07) is 28.0. The molecule has 0 spiro atoms. The van der Waals surface area contributed by atoms with Crippen molar-refractivity contribution in [3.63, 3.8) is 0 Å². The second kappa shape index (κ2) is 11.4. The van der Waals surface area contributed by atoms with Gasteiger partial charge in [-0.25, -0.2) is 0 Å². The molecule has 0 saturated heterocycles. The van der Waals surface area contributed by atoms with E-state index >= 15 is 0 Å². The third-order valence-corrected chi connectivity index (χ3v) is 6.06. The van der Waals surface area contributed by atoms with Gasteiger partial charge in [-0.05, 0) is 62.6 Å². The molecule has 1 aliphatic carbocycles. The molecule has 0 atom stereocenters. The fraction of sp³-hybridized carbons (Fsp3) is 0.179. The quantitative estimate of drug-likeness (QED) is 0.218. The van der Waals surface area contributed by atoms with Crippen LogP contribution >= 0.6 is 18.6 Å². The molecule has 0 radical (unpaired) electrons. The Morgan fingerprint density at radius 2 is 1.52 bits per heavy atom. The van der Waals surface area contributed by atoms with E-state index in [1.165, 1.54) is 44.2 Å². The summed E-state index contributed by atoms with van der Waals surface area (Å²) < 4.78 is 0. The summed E-state index contributed by atoms with van der Waals surface area (Å²) >= 11 is -0.556. The summed E-state index contributed by atoms with van der Waals surface area (Å²) in [7, 11) is 9.78. The van der Waals surface area contributed by atoms with E-state index in [0.717, 1.165) is 18.4 Å². The minimum atomic E-state index is -0.556. The molecule has 0 heterocycles. The van der Waals surface area contributed by atoms with Crippen molar-refractivity contribution in [2.75, 3.05) is 0 Å². The Kier molecular flexibility index (Phi) is 8.27. The zero-order valence-electron chi connectivity index (χ0n) is 18.4. The van der Waals surface area contributed by atoms with Gasteiger partial charge in [0.25, 0.3) is 0 Å². The summed E-state index contributed by atoms with van der Waals surface area (Å²) in [6.45, 7) is 2.44. The van der Waals surface area contributed by atoms with Crippen molar-refractivity contribution < 1.29 is 21.8 Å². The van der Waals surface area contributed by atoms with Gasteiger partial charge in [-0.15, -0.1) is 6.54 Å². The third-order valence-electron chi connectivity index (χ3n) is 6.06. The number of fused-ring (bicyclic) bond motifs is 4. The maximum atomic E-state index is 12.2. The van der Waals surface area contributed by atoms with Crippen LogP contribution in [0.25, 0.3) is 38.3 Å². The van der Waals surface area contributed by atoms with E-state index in [1.807, 2.05) is 6.92 Å². The molecule has 5 heteroatoms. The maximum absolute atomic E-state index is 12.2. The zero-order chi connectivity index (χ0) is 23.2. The average molecular weight is 509 g/mol. The van der Waals surface area contributed by atoms with E-state index in [2.05, 4.69) is 84.2 Å². The molecular weight excluding hydrogens is 485 g/mol. The van der Waals surface area contributed by atoms with Crippen molar-refractivity contribution in [2.24, 2.45) is 0 Å². The van der Waals surface area contributed by atoms with Crippen molar-refractivity contribution in [3.05, 3.63) is 101 Å². The number of hydrogen-bond acceptors (Lipinski definition) is 1. The van der Waals surface area contributed by atoms with E-state index in [1.54, 1.807) is 0 Å². The number of benzene rings is 4. The van der Waals surface area contributed by atoms with E-state index in [4.69, 9.17) is 18.6 Å². The van der Waals surface area contributed by atoms with E-state index < -0.39 is 17.0 Å². The zero-order valence-corrected chi connectivity index (χ0v) is 21.5. The second-order valence-electron chi connectivity index (χ2n) is 8.01. The average Bonchev–Trinajstić information content (AvgIpc) is 3.22. The van der Waals surface area contributed by atoms with Crippen molar-refractivity contribution in [2.45, 2.75) is 32.7 Å². The van der Waals surface area contributed by atoms with E-state index in [9.17, 15) is 4.79 Å². The molecule has 4 aromatic rings. The predicted octanol–water partition coefficient (Wildman–Crippen LogP) is 8.65. The van der Waals surface area contributed by atoms with Crippen molar-refractivity contribution >= 4 is 35.3 Å². The summed E-state index contributed by atoms with van der Waals surface area (Å²) in [5.74, 6) is -0.0120. The molecule has 4 aromatic carbocycles. The van der Waals surface area contributed by atoms with E-state index in [-0.39, 0.29) is 5.91 Å². The second-order valence-corrected chi connectivity index (χ2v) is 10.6. The molecule has 1 aliphatic rings. The van der Waals surface area contributed by atoms with Crippen molar-refractivity contribution in [1.29, 1.82) is 0 Å². The number of halogens is 2. The van der Waals surface area contributed by atoms with Crippen molar-refractivity contribution in [3.8, 4) is 22.3 Å². The van der Waals surface area contributed by atoms with Crippen LogP contribution in [0.1, 0.15) is 36.5 Å². The van der Waals surface area contributed by atoms with Crippen LogP contribution in [0, 0.1) is 0 Å². The molecule has 166 valence electrons. The Balaban J connectivity index is 0.000000821. The summed E-state index contributed by atoms with van der Waals surface area (Å²) in [4.78, 5) is 12.2. The van der Waals surface area contributed by atoms with Gasteiger partial charge in [-0.1, -0.05) is 92.2 Å². The van der Waals surface area contributed by atoms with Gasteiger partial charge in [0.15, 0.2) is 0 Å². The van der Waals surface area contributed by atoms with Crippen LogP contribution in [0.4, 0.5) is 0 Å². The van der Waals surface area contributed by atoms with Gasteiger partial charge in [0.1, 0.15) is 0 Å². The molecule has 0 aromatic heterocycles. The molecule has 33 heavy (non-hydrogen) atoms. The molecular formula is C28H24Cl2NOTi-. The Labute approximate surface area is 212 Å². The number of nitrogens with zero attached hydrogens (tertiary/aromatic N) is 1. The fourth-order valence-electron chi connectivity index (χ4n) is 4.63. The van der Waals surface area contributed by atoms with Gasteiger partial charge in [0.2, 0.25) is 0 Å². The van der Waals surface area contributed by atoms with Gasteiger partial charge in [-0.2, -0.15) is 0 Å². The molecule has 2 nitrogen and oxygen atoms in total. The van der Waals surface area contributed by atoms with Crippen LogP contribution in [-0.4, -0.2) is 5.91 Å². The number of carbonyl (C=O) groups is 1. The first-order valence-corrected chi connectivity index (χ1v) is 15.3. The van der Waals surface area contributed by atoms with Crippen LogP contribution in [0.15, 0.2) is 78.9 Å². The van der Waals surface area contributed by atoms with Crippen LogP contribution in [0.3, 0.4) is 0 Å². The molecule has 0 saturated carbocycles. The molecule has 0 fully saturated rings. The van der Waals surface area contributed by atoms with Gasteiger partial charge in [-0.3, -0.25) is 0 Å². The molecule has 5 rings (SSSR count). The van der Waals surface area contributed by atoms with Gasteiger partial charge >= 0.3 is 35.6 Å². The Bertz CT molecular complexity index is 1290. The molecule has 0 N–H and O–H groups in total. The Morgan fingerprint density at radius 3 is 2.30 bits per heavy atom. The summed E-state index contributed by atoms with van der Waals surface area (Å²) in [5, 5.41) is 6.78. The standard InChI is InChI=1S/C28H25NO.2ClH.Ti/c1-2-8-28(30)29-18-27-21-11-5-3-9-19(21)15-16-25(27)24-14-7-13-23-22-12-6-4-10-20(22)17-26(23)24;;;/h3-7,9-16H,2,8,17-18H2,1H3,(H,29,30);2*1H;/q;;;+2/p-3. The first kappa shape index (κ1) is 24.0. The van der Waals surface area contributed by atoms with Gasteiger partial charge in [0, 0.05) is 0 Å².